The second kappa shape index (κ2) is 6.53. The zero-order chi connectivity index (χ0) is 15.5. The average Bonchev–Trinajstić information content (AvgIpc) is 2.78. The SMILES string of the molecule is CC[C@]1(COC(=O)c2ccccc2)O[C@@H](OC)[C@H](O)[C@@H]1O. The van der Waals surface area contributed by atoms with Crippen molar-refractivity contribution in [3.63, 3.8) is 0 Å². The maximum atomic E-state index is 11.9. The second-order valence-electron chi connectivity index (χ2n) is 5.02. The molecule has 6 nitrogen and oxygen atoms in total. The zero-order valence-corrected chi connectivity index (χ0v) is 12.1. The minimum Gasteiger partial charge on any atom is -0.459 e. The van der Waals surface area contributed by atoms with Gasteiger partial charge in [-0.3, -0.25) is 0 Å². The van der Waals surface area contributed by atoms with Gasteiger partial charge in [-0.25, -0.2) is 4.79 Å². The lowest BCUT2D eigenvalue weighted by Gasteiger charge is -2.29. The molecule has 0 aliphatic carbocycles. The van der Waals surface area contributed by atoms with Crippen molar-refractivity contribution in [1.82, 2.24) is 0 Å². The highest BCUT2D eigenvalue weighted by molar-refractivity contribution is 5.89. The summed E-state index contributed by atoms with van der Waals surface area (Å²) in [5, 5.41) is 20.0. The molecule has 0 saturated carbocycles. The van der Waals surface area contributed by atoms with Gasteiger partial charge in [0.1, 0.15) is 24.4 Å². The molecular weight excluding hydrogens is 276 g/mol. The number of ether oxygens (including phenoxy) is 3. The van der Waals surface area contributed by atoms with E-state index in [0.717, 1.165) is 0 Å². The third-order valence-corrected chi connectivity index (χ3v) is 3.78. The number of rotatable bonds is 5. The molecule has 1 aromatic rings. The van der Waals surface area contributed by atoms with Gasteiger partial charge in [-0.05, 0) is 18.6 Å². The van der Waals surface area contributed by atoms with Gasteiger partial charge >= 0.3 is 5.97 Å². The maximum Gasteiger partial charge on any atom is 0.338 e. The molecule has 2 N–H and O–H groups in total. The van der Waals surface area contributed by atoms with Crippen LogP contribution >= 0.6 is 0 Å². The van der Waals surface area contributed by atoms with E-state index in [4.69, 9.17) is 14.2 Å². The van der Waals surface area contributed by atoms with Crippen LogP contribution in [0.2, 0.25) is 0 Å². The zero-order valence-electron chi connectivity index (χ0n) is 12.1. The first-order valence-corrected chi connectivity index (χ1v) is 6.83. The van der Waals surface area contributed by atoms with Crippen LogP contribution in [0.5, 0.6) is 0 Å². The monoisotopic (exact) mass is 296 g/mol. The highest BCUT2D eigenvalue weighted by Crippen LogP contribution is 2.34. The van der Waals surface area contributed by atoms with Gasteiger partial charge in [0.25, 0.3) is 0 Å². The van der Waals surface area contributed by atoms with Crippen molar-refractivity contribution in [2.45, 2.75) is 37.4 Å². The molecule has 1 aliphatic rings. The minimum atomic E-state index is -1.18. The van der Waals surface area contributed by atoms with Crippen molar-refractivity contribution in [2.24, 2.45) is 0 Å². The van der Waals surface area contributed by atoms with Crippen molar-refractivity contribution < 1.29 is 29.2 Å². The van der Waals surface area contributed by atoms with E-state index in [0.29, 0.717) is 12.0 Å². The van der Waals surface area contributed by atoms with Crippen molar-refractivity contribution >= 4 is 5.97 Å². The molecule has 1 fully saturated rings. The minimum absolute atomic E-state index is 0.157. The van der Waals surface area contributed by atoms with Gasteiger partial charge in [-0.1, -0.05) is 25.1 Å². The molecule has 0 spiro atoms. The van der Waals surface area contributed by atoms with Crippen LogP contribution in [0.1, 0.15) is 23.7 Å². The molecule has 6 heteroatoms. The largest absolute Gasteiger partial charge is 0.459 e. The fraction of sp³-hybridized carbons (Fsp3) is 0.533. The standard InChI is InChI=1S/C15H20O6/c1-3-15(12(17)11(16)14(19-2)21-15)9-20-13(18)10-7-5-4-6-8-10/h4-8,11-12,14,16-17H,3,9H2,1-2H3/t11-,12+,14-,15-/m1/s1. The van der Waals surface area contributed by atoms with Crippen molar-refractivity contribution in [2.75, 3.05) is 13.7 Å². The fourth-order valence-corrected chi connectivity index (χ4v) is 2.38. The van der Waals surface area contributed by atoms with Gasteiger partial charge < -0.3 is 24.4 Å². The molecule has 2 rings (SSSR count). The van der Waals surface area contributed by atoms with E-state index in [1.54, 1.807) is 37.3 Å². The van der Waals surface area contributed by atoms with Crippen molar-refractivity contribution in [1.29, 1.82) is 0 Å². The molecule has 0 radical (unpaired) electrons. The number of hydrogen-bond donors (Lipinski definition) is 2. The van der Waals surface area contributed by atoms with Gasteiger partial charge in [-0.2, -0.15) is 0 Å². The lowest BCUT2D eigenvalue weighted by Crippen LogP contribution is -2.47. The number of benzene rings is 1. The highest BCUT2D eigenvalue weighted by Gasteiger charge is 2.54. The number of esters is 1. The molecular formula is C15H20O6. The Labute approximate surface area is 123 Å². The summed E-state index contributed by atoms with van der Waals surface area (Å²) in [6.45, 7) is 1.62. The number of aliphatic hydroxyl groups excluding tert-OH is 2. The number of aliphatic hydroxyl groups is 2. The molecule has 0 bridgehead atoms. The summed E-state index contributed by atoms with van der Waals surface area (Å²) in [5.74, 6) is -0.505. The smallest absolute Gasteiger partial charge is 0.338 e. The van der Waals surface area contributed by atoms with E-state index in [-0.39, 0.29) is 6.61 Å². The van der Waals surface area contributed by atoms with Crippen LogP contribution in [-0.4, -0.2) is 54.0 Å². The first-order chi connectivity index (χ1) is 10.0. The van der Waals surface area contributed by atoms with Gasteiger partial charge in [0.05, 0.1) is 5.56 Å². The molecule has 116 valence electrons. The van der Waals surface area contributed by atoms with Crippen LogP contribution < -0.4 is 0 Å². The first-order valence-electron chi connectivity index (χ1n) is 6.83. The summed E-state index contributed by atoms with van der Waals surface area (Å²) < 4.78 is 15.8. The maximum absolute atomic E-state index is 11.9. The lowest BCUT2D eigenvalue weighted by atomic mass is 9.93. The predicted molar refractivity (Wildman–Crippen MR) is 73.6 cm³/mol. The van der Waals surface area contributed by atoms with Crippen LogP contribution in [-0.2, 0) is 14.2 Å². The molecule has 0 aromatic heterocycles. The summed E-state index contributed by atoms with van der Waals surface area (Å²) in [5.41, 5.74) is -0.745. The van der Waals surface area contributed by atoms with Gasteiger partial charge in [0, 0.05) is 7.11 Å². The van der Waals surface area contributed by atoms with Gasteiger partial charge in [0.15, 0.2) is 6.29 Å². The topological polar surface area (TPSA) is 85.2 Å². The Morgan fingerprint density at radius 2 is 2.00 bits per heavy atom. The van der Waals surface area contributed by atoms with E-state index in [1.165, 1.54) is 7.11 Å². The molecule has 1 saturated heterocycles. The van der Waals surface area contributed by atoms with Gasteiger partial charge in [0.2, 0.25) is 0 Å². The molecule has 1 aliphatic heterocycles. The Hall–Kier alpha value is -1.47. The third kappa shape index (κ3) is 3.08. The van der Waals surface area contributed by atoms with E-state index in [2.05, 4.69) is 0 Å². The number of carbonyl (C=O) groups is 1. The van der Waals surface area contributed by atoms with Crippen LogP contribution in [0.4, 0.5) is 0 Å². The number of hydrogen-bond acceptors (Lipinski definition) is 6. The number of carbonyl (C=O) groups excluding carboxylic acids is 1. The lowest BCUT2D eigenvalue weighted by molar-refractivity contribution is -0.189. The number of methoxy groups -OCH3 is 1. The second-order valence-corrected chi connectivity index (χ2v) is 5.02. The third-order valence-electron chi connectivity index (χ3n) is 3.78. The predicted octanol–water partition coefficient (Wildman–Crippen LogP) is 0.717. The Kier molecular flexibility index (Phi) is 4.95. The first kappa shape index (κ1) is 15.9. The van der Waals surface area contributed by atoms with E-state index in [9.17, 15) is 15.0 Å². The molecule has 4 atom stereocenters. The van der Waals surface area contributed by atoms with E-state index in [1.807, 2.05) is 0 Å². The molecule has 1 aromatic carbocycles. The molecule has 1 heterocycles. The fourth-order valence-electron chi connectivity index (χ4n) is 2.38. The summed E-state index contributed by atoms with van der Waals surface area (Å²) in [7, 11) is 1.38. The van der Waals surface area contributed by atoms with Crippen molar-refractivity contribution in [3.8, 4) is 0 Å². The average molecular weight is 296 g/mol. The summed E-state index contributed by atoms with van der Waals surface area (Å²) >= 11 is 0. The molecule has 0 amide bonds. The normalized spacial score (nSPS) is 32.1. The van der Waals surface area contributed by atoms with Crippen LogP contribution in [0.25, 0.3) is 0 Å². The van der Waals surface area contributed by atoms with E-state index < -0.39 is 30.1 Å². The van der Waals surface area contributed by atoms with E-state index >= 15 is 0 Å². The Bertz CT molecular complexity index is 476. The summed E-state index contributed by atoms with van der Waals surface area (Å²) in [4.78, 5) is 11.9. The van der Waals surface area contributed by atoms with Crippen LogP contribution in [0.15, 0.2) is 30.3 Å². The highest BCUT2D eigenvalue weighted by atomic mass is 16.7. The summed E-state index contributed by atoms with van der Waals surface area (Å²) in [6, 6.07) is 8.54. The Morgan fingerprint density at radius 1 is 1.33 bits per heavy atom. The molecule has 21 heavy (non-hydrogen) atoms. The molecule has 0 unspecified atom stereocenters. The van der Waals surface area contributed by atoms with Gasteiger partial charge in [-0.15, -0.1) is 0 Å². The summed E-state index contributed by atoms with van der Waals surface area (Å²) in [6.07, 6.45) is -2.93. The van der Waals surface area contributed by atoms with Crippen LogP contribution in [0, 0.1) is 0 Å². The quantitative estimate of drug-likeness (QED) is 0.779. The van der Waals surface area contributed by atoms with Crippen molar-refractivity contribution in [3.05, 3.63) is 35.9 Å². The Balaban J connectivity index is 2.05. The van der Waals surface area contributed by atoms with Crippen LogP contribution in [0.3, 0.4) is 0 Å². The Morgan fingerprint density at radius 3 is 2.52 bits per heavy atom.